The minimum absolute atomic E-state index is 0.186. The van der Waals surface area contributed by atoms with Crippen LogP contribution in [0.5, 0.6) is 0 Å². The Morgan fingerprint density at radius 1 is 0.585 bits per heavy atom. The van der Waals surface area contributed by atoms with Gasteiger partial charge in [-0.1, -0.05) is 48.5 Å². The Balaban J connectivity index is 0.000000146. The molecule has 0 aromatic heterocycles. The van der Waals surface area contributed by atoms with Gasteiger partial charge in [-0.25, -0.2) is 0 Å². The molecule has 0 bridgehead atoms. The van der Waals surface area contributed by atoms with E-state index in [0.717, 1.165) is 44.3 Å². The van der Waals surface area contributed by atoms with Crippen LogP contribution in [0, 0.1) is 0 Å². The number of benzene rings is 4. The fourth-order valence-corrected chi connectivity index (χ4v) is 4.46. The van der Waals surface area contributed by atoms with Gasteiger partial charge < -0.3 is 62.2 Å². The lowest BCUT2D eigenvalue weighted by Gasteiger charge is -2.38. The molecule has 2 atom stereocenters. The van der Waals surface area contributed by atoms with Crippen molar-refractivity contribution < 1.29 is 40.1 Å². The summed E-state index contributed by atoms with van der Waals surface area (Å²) in [5, 5.41) is 65.1. The number of hydrogen-bond acceptors (Lipinski definition) is 12. The molecule has 12 heteroatoms. The van der Waals surface area contributed by atoms with Gasteiger partial charge in [0.1, 0.15) is 13.2 Å². The smallest absolute Gasteiger partial charge is 0.213 e. The third kappa shape index (κ3) is 6.62. The second kappa shape index (κ2) is 12.4. The van der Waals surface area contributed by atoms with Gasteiger partial charge in [-0.05, 0) is 35.0 Å². The average Bonchev–Trinajstić information content (AvgIpc) is 3.00. The summed E-state index contributed by atoms with van der Waals surface area (Å²) in [4.78, 5) is 0. The number of rotatable bonds is 4. The van der Waals surface area contributed by atoms with E-state index in [1.165, 1.54) is 0 Å². The van der Waals surface area contributed by atoms with Crippen molar-refractivity contribution in [3.05, 3.63) is 72.8 Å². The Morgan fingerprint density at radius 3 is 1.32 bits per heavy atom. The molecule has 12 N–H and O–H groups in total. The van der Waals surface area contributed by atoms with Crippen molar-refractivity contribution in [3.8, 4) is 0 Å². The van der Waals surface area contributed by atoms with Crippen molar-refractivity contribution in [2.45, 2.75) is 17.2 Å². The number of nitrogens with one attached hydrogen (secondary N) is 2. The quantitative estimate of drug-likeness (QED) is 0.154. The van der Waals surface area contributed by atoms with Gasteiger partial charge in [0.05, 0.1) is 26.4 Å². The number of aliphatic hydroxyl groups excluding tert-OH is 4. The zero-order valence-corrected chi connectivity index (χ0v) is 22.3. The molecule has 2 aliphatic rings. The molecule has 2 aliphatic heterocycles. The maximum Gasteiger partial charge on any atom is 0.213 e. The Kier molecular flexibility index (Phi) is 9.17. The van der Waals surface area contributed by atoms with Crippen LogP contribution in [0.25, 0.3) is 21.5 Å². The van der Waals surface area contributed by atoms with Gasteiger partial charge in [0.15, 0.2) is 5.66 Å². The van der Waals surface area contributed by atoms with Crippen molar-refractivity contribution in [2.75, 3.05) is 61.7 Å². The summed E-state index contributed by atoms with van der Waals surface area (Å²) in [6, 6.07) is 23.5. The molecule has 1 fully saturated rings. The van der Waals surface area contributed by atoms with Gasteiger partial charge in [-0.15, -0.1) is 0 Å². The fraction of sp³-hybridized carbons (Fsp3) is 0.310. The zero-order valence-electron chi connectivity index (χ0n) is 22.3. The first-order chi connectivity index (χ1) is 19.6. The Hall–Kier alpha value is -3.72. The summed E-state index contributed by atoms with van der Waals surface area (Å²) in [7, 11) is 0. The van der Waals surface area contributed by atoms with Crippen LogP contribution in [-0.4, -0.2) is 87.5 Å². The van der Waals surface area contributed by atoms with Crippen LogP contribution in [0.2, 0.25) is 0 Å². The van der Waals surface area contributed by atoms with Crippen molar-refractivity contribution in [3.63, 3.8) is 0 Å². The molecule has 6 rings (SSSR count). The predicted molar refractivity (Wildman–Crippen MR) is 157 cm³/mol. The molecule has 0 amide bonds. The lowest BCUT2D eigenvalue weighted by atomic mass is 10.0. The Labute approximate surface area is 236 Å². The normalized spacial score (nSPS) is 22.4. The largest absolute Gasteiger partial charge is 0.398 e. The lowest BCUT2D eigenvalue weighted by molar-refractivity contribution is -0.377. The van der Waals surface area contributed by atoms with E-state index in [1.54, 1.807) is 0 Å². The molecule has 220 valence electrons. The Morgan fingerprint density at radius 2 is 0.976 bits per heavy atom. The van der Waals surface area contributed by atoms with Crippen molar-refractivity contribution >= 4 is 44.3 Å². The maximum absolute atomic E-state index is 9.44. The topological polar surface area (TPSA) is 216 Å². The number of nitrogen functional groups attached to an aromatic ring is 2. The minimum atomic E-state index is -1.76. The molecule has 0 radical (unpaired) electrons. The van der Waals surface area contributed by atoms with Gasteiger partial charge in [-0.2, -0.15) is 0 Å². The first kappa shape index (κ1) is 30.2. The van der Waals surface area contributed by atoms with E-state index in [2.05, 4.69) is 10.6 Å². The van der Waals surface area contributed by atoms with E-state index in [1.807, 2.05) is 72.8 Å². The van der Waals surface area contributed by atoms with Gasteiger partial charge in [-0.3, -0.25) is 0 Å². The highest BCUT2D eigenvalue weighted by atomic mass is 16.7. The second-order valence-electron chi connectivity index (χ2n) is 9.94. The average molecular weight is 569 g/mol. The van der Waals surface area contributed by atoms with Crippen LogP contribution in [0.4, 0.5) is 22.7 Å². The summed E-state index contributed by atoms with van der Waals surface area (Å²) in [5.74, 6) is -3.52. The fourth-order valence-electron chi connectivity index (χ4n) is 4.46. The Bertz CT molecular complexity index is 1370. The summed E-state index contributed by atoms with van der Waals surface area (Å²) in [6.07, 6.45) is 0. The van der Waals surface area contributed by atoms with E-state index in [-0.39, 0.29) is 26.4 Å². The number of hydrogen-bond donors (Lipinski definition) is 10. The zero-order chi connectivity index (χ0) is 29.7. The molecular weight excluding hydrogens is 532 g/mol. The molecule has 0 saturated carbocycles. The SMILES string of the molecule is Nc1cccc2cccc(N)c12.OCC1(CO)Nc2cccc3cccc(c23)N1.OCC1(O)COC(O)(CO)CO1. The van der Waals surface area contributed by atoms with Crippen molar-refractivity contribution in [1.29, 1.82) is 0 Å². The van der Waals surface area contributed by atoms with Gasteiger partial charge >= 0.3 is 0 Å². The maximum atomic E-state index is 9.44. The van der Waals surface area contributed by atoms with Crippen LogP contribution in [0.1, 0.15) is 0 Å². The van der Waals surface area contributed by atoms with Crippen LogP contribution in [-0.2, 0) is 9.47 Å². The molecule has 4 aromatic carbocycles. The van der Waals surface area contributed by atoms with E-state index in [9.17, 15) is 20.4 Å². The number of anilines is 4. The van der Waals surface area contributed by atoms with Crippen molar-refractivity contribution in [1.82, 2.24) is 0 Å². The molecule has 2 unspecified atom stereocenters. The molecule has 12 nitrogen and oxygen atoms in total. The van der Waals surface area contributed by atoms with Gasteiger partial charge in [0.2, 0.25) is 11.6 Å². The second-order valence-corrected chi connectivity index (χ2v) is 9.94. The predicted octanol–water partition coefficient (Wildman–Crippen LogP) is 0.757. The molecular formula is C29H36N4O8. The van der Waals surface area contributed by atoms with E-state index < -0.39 is 30.5 Å². The lowest BCUT2D eigenvalue weighted by Crippen LogP contribution is -2.56. The molecule has 41 heavy (non-hydrogen) atoms. The summed E-state index contributed by atoms with van der Waals surface area (Å²) < 4.78 is 9.38. The summed E-state index contributed by atoms with van der Waals surface area (Å²) in [5.41, 5.74) is 14.0. The van der Waals surface area contributed by atoms with Gasteiger partial charge in [0.25, 0.3) is 0 Å². The number of aliphatic hydroxyl groups is 6. The van der Waals surface area contributed by atoms with E-state index in [0.29, 0.717) is 0 Å². The third-order valence-corrected chi connectivity index (χ3v) is 6.79. The third-order valence-electron chi connectivity index (χ3n) is 6.79. The highest BCUT2D eigenvalue weighted by Crippen LogP contribution is 2.37. The van der Waals surface area contributed by atoms with Crippen LogP contribution >= 0.6 is 0 Å². The first-order valence-corrected chi connectivity index (χ1v) is 12.9. The van der Waals surface area contributed by atoms with Crippen LogP contribution in [0.3, 0.4) is 0 Å². The molecule has 2 heterocycles. The molecule has 4 aromatic rings. The van der Waals surface area contributed by atoms with Crippen molar-refractivity contribution in [2.24, 2.45) is 0 Å². The number of nitrogens with two attached hydrogens (primary N) is 2. The van der Waals surface area contributed by atoms with Gasteiger partial charge in [0, 0.05) is 33.5 Å². The van der Waals surface area contributed by atoms with E-state index in [4.69, 9.17) is 31.2 Å². The number of fused-ring (bicyclic) bond motifs is 1. The summed E-state index contributed by atoms with van der Waals surface area (Å²) in [6.45, 7) is -2.35. The van der Waals surface area contributed by atoms with Crippen LogP contribution < -0.4 is 22.1 Å². The molecule has 0 spiro atoms. The highest BCUT2D eigenvalue weighted by molar-refractivity contribution is 6.05. The highest BCUT2D eigenvalue weighted by Gasteiger charge is 2.42. The van der Waals surface area contributed by atoms with E-state index >= 15 is 0 Å². The molecule has 1 saturated heterocycles. The monoisotopic (exact) mass is 568 g/mol. The minimum Gasteiger partial charge on any atom is -0.398 e. The molecule has 0 aliphatic carbocycles. The summed E-state index contributed by atoms with van der Waals surface area (Å²) >= 11 is 0. The number of ether oxygens (including phenoxy) is 2. The van der Waals surface area contributed by atoms with Crippen LogP contribution in [0.15, 0.2) is 72.8 Å². The first-order valence-electron chi connectivity index (χ1n) is 12.9. The standard InChI is InChI=1S/C13H14N2O2.C10H10N2.C6H12O6/c16-7-13(8-17)14-10-5-1-3-9-4-2-6-11(15-13)12(9)10;11-8-5-1-3-7-4-2-6-9(12)10(7)8;7-1-5(9)3-12-6(10,2-8)4-11-5/h1-6,14-17H,7-8H2;1-6H,11-12H2;7-10H,1-4H2.